The van der Waals surface area contributed by atoms with Crippen LogP contribution in [0.4, 0.5) is 0 Å². The van der Waals surface area contributed by atoms with Crippen molar-refractivity contribution in [3.05, 3.63) is 29.5 Å². The monoisotopic (exact) mass is 416 g/mol. The predicted octanol–water partition coefficient (Wildman–Crippen LogP) is 3.85. The van der Waals surface area contributed by atoms with Gasteiger partial charge in [0.05, 0.1) is 30.8 Å². The highest BCUT2D eigenvalue weighted by molar-refractivity contribution is 6.22. The lowest BCUT2D eigenvalue weighted by Gasteiger charge is -2.40. The summed E-state index contributed by atoms with van der Waals surface area (Å²) in [5.41, 5.74) is 2.42. The Kier molecular flexibility index (Phi) is 4.59. The molecule has 1 aromatic heterocycles. The van der Waals surface area contributed by atoms with Crippen LogP contribution in [-0.4, -0.2) is 43.4 Å². The number of alkyl halides is 1. The largest absolute Gasteiger partial charge is 0.497 e. The van der Waals surface area contributed by atoms with E-state index in [9.17, 15) is 4.79 Å². The van der Waals surface area contributed by atoms with Gasteiger partial charge in [-0.3, -0.25) is 4.79 Å². The number of aromatic nitrogens is 1. The van der Waals surface area contributed by atoms with Gasteiger partial charge in [-0.2, -0.15) is 0 Å². The van der Waals surface area contributed by atoms with Crippen molar-refractivity contribution in [1.82, 2.24) is 10.3 Å². The van der Waals surface area contributed by atoms with E-state index in [2.05, 4.69) is 5.32 Å². The minimum absolute atomic E-state index is 0.228. The molecule has 3 aliphatic rings. The Labute approximate surface area is 174 Å². The van der Waals surface area contributed by atoms with Gasteiger partial charge in [0.2, 0.25) is 0 Å². The summed E-state index contributed by atoms with van der Waals surface area (Å²) in [5, 5.41) is 4.00. The summed E-state index contributed by atoms with van der Waals surface area (Å²) >= 11 is 7.00. The Hall–Kier alpha value is -2.05. The third kappa shape index (κ3) is 3.04. The average Bonchev–Trinajstić information content (AvgIpc) is 3.08. The summed E-state index contributed by atoms with van der Waals surface area (Å²) in [6.07, 6.45) is 4.62. The van der Waals surface area contributed by atoms with Crippen LogP contribution in [0.25, 0.3) is 10.9 Å². The quantitative estimate of drug-likeness (QED) is 0.605. The first-order chi connectivity index (χ1) is 14.0. The first-order valence-electron chi connectivity index (χ1n) is 10.2. The number of nitrogens with zero attached hydrogens (tertiary/aromatic N) is 1. The van der Waals surface area contributed by atoms with Crippen molar-refractivity contribution in [1.29, 1.82) is 0 Å². The van der Waals surface area contributed by atoms with Crippen LogP contribution < -0.4 is 14.8 Å². The van der Waals surface area contributed by atoms with E-state index >= 15 is 0 Å². The second-order valence-corrected chi connectivity index (χ2v) is 8.90. The minimum atomic E-state index is -0.523. The fraction of sp³-hybridized carbons (Fsp3) is 0.545. The van der Waals surface area contributed by atoms with Crippen molar-refractivity contribution in [3.8, 4) is 11.5 Å². The lowest BCUT2D eigenvalue weighted by Crippen LogP contribution is -2.43. The van der Waals surface area contributed by atoms with Gasteiger partial charge in [-0.1, -0.05) is 6.42 Å². The summed E-state index contributed by atoms with van der Waals surface area (Å²) in [6, 6.07) is 5.55. The number of carbonyl (C=O) groups is 1. The number of benzene rings is 1. The summed E-state index contributed by atoms with van der Waals surface area (Å²) in [4.78, 5) is 17.0. The summed E-state index contributed by atoms with van der Waals surface area (Å²) < 4.78 is 17.0. The molecule has 3 unspecified atom stereocenters. The Balaban J connectivity index is 1.62. The SMILES string of the molecule is COC(=O)C1CC2(CN1)CC(Cl)c1c(c(C3CCC3)nc3ccc(OC)cc13)O2. The maximum Gasteiger partial charge on any atom is 0.323 e. The van der Waals surface area contributed by atoms with Gasteiger partial charge in [-0.05, 0) is 31.0 Å². The van der Waals surface area contributed by atoms with Crippen molar-refractivity contribution >= 4 is 28.5 Å². The molecule has 3 heterocycles. The topological polar surface area (TPSA) is 69.7 Å². The molecule has 1 saturated carbocycles. The van der Waals surface area contributed by atoms with Crippen molar-refractivity contribution in [2.24, 2.45) is 0 Å². The molecule has 5 rings (SSSR count). The second kappa shape index (κ2) is 7.03. The third-order valence-electron chi connectivity index (χ3n) is 6.62. The molecule has 154 valence electrons. The van der Waals surface area contributed by atoms with E-state index in [1.165, 1.54) is 13.5 Å². The number of halogens is 1. The van der Waals surface area contributed by atoms with Gasteiger partial charge in [0.1, 0.15) is 23.1 Å². The predicted molar refractivity (Wildman–Crippen MR) is 110 cm³/mol. The Morgan fingerprint density at radius 3 is 2.83 bits per heavy atom. The van der Waals surface area contributed by atoms with Crippen LogP contribution in [0.5, 0.6) is 11.5 Å². The smallest absolute Gasteiger partial charge is 0.323 e. The highest BCUT2D eigenvalue weighted by Gasteiger charge is 2.50. The second-order valence-electron chi connectivity index (χ2n) is 8.37. The number of fused-ring (bicyclic) bond motifs is 3. The molecular formula is C22H25ClN2O4. The number of esters is 1. The number of methoxy groups -OCH3 is 2. The molecule has 6 nitrogen and oxygen atoms in total. The number of pyridine rings is 1. The lowest BCUT2D eigenvalue weighted by atomic mass is 9.79. The molecule has 2 aliphatic heterocycles. The first kappa shape index (κ1) is 18.9. The van der Waals surface area contributed by atoms with Crippen LogP contribution in [0.2, 0.25) is 0 Å². The Morgan fingerprint density at radius 1 is 1.31 bits per heavy atom. The number of nitrogens with one attached hydrogen (secondary N) is 1. The summed E-state index contributed by atoms with van der Waals surface area (Å²) in [7, 11) is 3.07. The van der Waals surface area contributed by atoms with Crippen LogP contribution in [0, 0.1) is 0 Å². The average molecular weight is 417 g/mol. The standard InChI is InChI=1S/C22H25ClN2O4/c1-27-13-6-7-16-14(8-13)18-15(23)9-22(10-17(24-11-22)21(26)28-2)29-20(18)19(25-16)12-4-3-5-12/h6-8,12,15,17,24H,3-5,9-11H2,1-2H3. The molecule has 1 spiro atoms. The van der Waals surface area contributed by atoms with Crippen molar-refractivity contribution in [2.75, 3.05) is 20.8 Å². The molecule has 29 heavy (non-hydrogen) atoms. The Bertz CT molecular complexity index is 977. The molecule has 1 aromatic carbocycles. The highest BCUT2D eigenvalue weighted by atomic mass is 35.5. The third-order valence-corrected chi connectivity index (χ3v) is 6.99. The van der Waals surface area contributed by atoms with Crippen molar-refractivity contribution in [2.45, 2.75) is 55.0 Å². The molecule has 0 bridgehead atoms. The van der Waals surface area contributed by atoms with E-state index in [0.717, 1.165) is 46.5 Å². The molecule has 2 fully saturated rings. The van der Waals surface area contributed by atoms with Gasteiger partial charge in [0.25, 0.3) is 0 Å². The number of carbonyl (C=O) groups excluding carboxylic acids is 1. The first-order valence-corrected chi connectivity index (χ1v) is 10.6. The van der Waals surface area contributed by atoms with Crippen molar-refractivity contribution < 1.29 is 19.0 Å². The molecular weight excluding hydrogens is 392 g/mol. The van der Waals surface area contributed by atoms with E-state index in [4.69, 9.17) is 30.8 Å². The molecule has 1 aliphatic carbocycles. The van der Waals surface area contributed by atoms with E-state index in [1.807, 2.05) is 18.2 Å². The number of hydrogen-bond acceptors (Lipinski definition) is 6. The zero-order chi connectivity index (χ0) is 20.2. The zero-order valence-corrected chi connectivity index (χ0v) is 17.4. The molecule has 1 N–H and O–H groups in total. The fourth-order valence-corrected chi connectivity index (χ4v) is 5.33. The maximum absolute atomic E-state index is 12.0. The van der Waals surface area contributed by atoms with Gasteiger partial charge in [0, 0.05) is 36.3 Å². The van der Waals surface area contributed by atoms with Crippen LogP contribution in [0.3, 0.4) is 0 Å². The number of ether oxygens (including phenoxy) is 3. The lowest BCUT2D eigenvalue weighted by molar-refractivity contribution is -0.143. The zero-order valence-electron chi connectivity index (χ0n) is 16.7. The van der Waals surface area contributed by atoms with Crippen LogP contribution in [-0.2, 0) is 9.53 Å². The number of hydrogen-bond donors (Lipinski definition) is 1. The molecule has 3 atom stereocenters. The fourth-order valence-electron chi connectivity index (χ4n) is 4.83. The van der Waals surface area contributed by atoms with Gasteiger partial charge < -0.3 is 19.5 Å². The molecule has 7 heteroatoms. The van der Waals surface area contributed by atoms with Crippen molar-refractivity contribution in [3.63, 3.8) is 0 Å². The summed E-state index contributed by atoms with van der Waals surface area (Å²) in [5.74, 6) is 1.73. The van der Waals surface area contributed by atoms with Gasteiger partial charge in [0.15, 0.2) is 0 Å². The van der Waals surface area contributed by atoms with Crippen LogP contribution >= 0.6 is 11.6 Å². The summed E-state index contributed by atoms with van der Waals surface area (Å²) in [6.45, 7) is 0.565. The molecule has 0 radical (unpaired) electrons. The van der Waals surface area contributed by atoms with Crippen LogP contribution in [0.1, 0.15) is 54.7 Å². The normalized spacial score (nSPS) is 28.7. The maximum atomic E-state index is 12.0. The highest BCUT2D eigenvalue weighted by Crippen LogP contribution is 2.53. The van der Waals surface area contributed by atoms with Crippen LogP contribution in [0.15, 0.2) is 18.2 Å². The van der Waals surface area contributed by atoms with E-state index < -0.39 is 5.60 Å². The van der Waals surface area contributed by atoms with Gasteiger partial charge >= 0.3 is 5.97 Å². The molecule has 0 amide bonds. The molecule has 1 saturated heterocycles. The molecule has 2 aromatic rings. The van der Waals surface area contributed by atoms with E-state index in [0.29, 0.717) is 25.3 Å². The number of rotatable bonds is 3. The van der Waals surface area contributed by atoms with E-state index in [1.54, 1.807) is 7.11 Å². The van der Waals surface area contributed by atoms with Gasteiger partial charge in [-0.25, -0.2) is 4.98 Å². The minimum Gasteiger partial charge on any atom is -0.497 e. The Morgan fingerprint density at radius 2 is 2.14 bits per heavy atom. The van der Waals surface area contributed by atoms with E-state index in [-0.39, 0.29) is 17.4 Å². The van der Waals surface area contributed by atoms with Gasteiger partial charge in [-0.15, -0.1) is 11.6 Å².